The second kappa shape index (κ2) is 5.16. The molecule has 2 heterocycles. The molecule has 4 nitrogen and oxygen atoms in total. The summed E-state index contributed by atoms with van der Waals surface area (Å²) in [6.45, 7) is 0.762. The predicted octanol–water partition coefficient (Wildman–Crippen LogP) is 3.10. The van der Waals surface area contributed by atoms with Crippen molar-refractivity contribution in [2.75, 3.05) is 20.6 Å². The number of hydrogen-bond acceptors (Lipinski definition) is 3. The van der Waals surface area contributed by atoms with Crippen molar-refractivity contribution in [3.05, 3.63) is 54.0 Å². The zero-order chi connectivity index (χ0) is 17.1. The minimum absolute atomic E-state index is 0.221. The van der Waals surface area contributed by atoms with Crippen LogP contribution in [-0.4, -0.2) is 37.9 Å². The Balaban J connectivity index is 2.08. The van der Waals surface area contributed by atoms with Gasteiger partial charge in [-0.05, 0) is 44.3 Å². The molecule has 0 amide bonds. The van der Waals surface area contributed by atoms with E-state index in [1.807, 2.05) is 19.0 Å². The quantitative estimate of drug-likeness (QED) is 0.573. The van der Waals surface area contributed by atoms with Gasteiger partial charge in [-0.2, -0.15) is 0 Å². The summed E-state index contributed by atoms with van der Waals surface area (Å²) in [7, 11) is 0.251. The Morgan fingerprint density at radius 3 is 2.62 bits per heavy atom. The maximum atomic E-state index is 14.2. The monoisotopic (exact) mass is 344 g/mol. The number of fused-ring (bicyclic) bond motifs is 2. The summed E-state index contributed by atoms with van der Waals surface area (Å²) in [5.74, 6) is -0.351. The van der Waals surface area contributed by atoms with Crippen molar-refractivity contribution >= 4 is 20.9 Å². The molecule has 0 aliphatic carbocycles. The van der Waals surface area contributed by atoms with Gasteiger partial charge in [-0.3, -0.25) is 0 Å². The SMILES string of the molecule is CN(C)CCc1cn2c3c(cc(F)cc13)-c1ccccc1S2(=O)=O. The summed E-state index contributed by atoms with van der Waals surface area (Å²) in [5, 5.41) is 0.671. The van der Waals surface area contributed by atoms with Gasteiger partial charge >= 0.3 is 0 Å². The molecule has 6 heteroatoms. The third kappa shape index (κ3) is 2.10. The molecule has 2 aromatic carbocycles. The molecule has 1 aromatic heterocycles. The first kappa shape index (κ1) is 15.4. The predicted molar refractivity (Wildman–Crippen MR) is 92.2 cm³/mol. The van der Waals surface area contributed by atoms with Gasteiger partial charge in [0.15, 0.2) is 0 Å². The number of aromatic nitrogens is 1. The zero-order valence-electron chi connectivity index (χ0n) is 13.5. The summed E-state index contributed by atoms with van der Waals surface area (Å²) in [6, 6.07) is 9.62. The van der Waals surface area contributed by atoms with E-state index < -0.39 is 10.0 Å². The van der Waals surface area contributed by atoms with Gasteiger partial charge < -0.3 is 4.90 Å². The number of rotatable bonds is 3. The molecule has 124 valence electrons. The van der Waals surface area contributed by atoms with Crippen LogP contribution in [0.2, 0.25) is 0 Å². The lowest BCUT2D eigenvalue weighted by Gasteiger charge is -2.19. The van der Waals surface area contributed by atoms with Gasteiger partial charge in [0.1, 0.15) is 5.82 Å². The highest BCUT2D eigenvalue weighted by molar-refractivity contribution is 7.90. The van der Waals surface area contributed by atoms with Crippen LogP contribution < -0.4 is 0 Å². The summed E-state index contributed by atoms with van der Waals surface area (Å²) in [6.07, 6.45) is 2.30. The fourth-order valence-electron chi connectivity index (χ4n) is 3.32. The van der Waals surface area contributed by atoms with E-state index in [0.29, 0.717) is 28.5 Å². The topological polar surface area (TPSA) is 42.3 Å². The van der Waals surface area contributed by atoms with E-state index in [9.17, 15) is 12.8 Å². The average molecular weight is 344 g/mol. The van der Waals surface area contributed by atoms with E-state index >= 15 is 0 Å². The largest absolute Gasteiger partial charge is 0.309 e. The molecular formula is C18H17FN2O2S. The lowest BCUT2D eigenvalue weighted by molar-refractivity contribution is 0.414. The van der Waals surface area contributed by atoms with Gasteiger partial charge in [0.2, 0.25) is 0 Å². The molecule has 0 N–H and O–H groups in total. The van der Waals surface area contributed by atoms with Gasteiger partial charge in [0.05, 0.1) is 10.4 Å². The van der Waals surface area contributed by atoms with Crippen LogP contribution in [0.5, 0.6) is 0 Å². The first-order valence-electron chi connectivity index (χ1n) is 7.73. The van der Waals surface area contributed by atoms with Gasteiger partial charge in [0.25, 0.3) is 10.0 Å². The molecule has 24 heavy (non-hydrogen) atoms. The highest BCUT2D eigenvalue weighted by Crippen LogP contribution is 2.42. The highest BCUT2D eigenvalue weighted by Gasteiger charge is 2.31. The van der Waals surface area contributed by atoms with Crippen LogP contribution >= 0.6 is 0 Å². The number of benzene rings is 2. The molecule has 0 fully saturated rings. The number of likely N-dealkylation sites (N-methyl/N-ethyl adjacent to an activating group) is 1. The van der Waals surface area contributed by atoms with Gasteiger partial charge in [-0.15, -0.1) is 0 Å². The summed E-state index contributed by atoms with van der Waals surface area (Å²) in [4.78, 5) is 2.24. The molecule has 1 aliphatic rings. The maximum Gasteiger partial charge on any atom is 0.268 e. The third-order valence-corrected chi connectivity index (χ3v) is 6.17. The summed E-state index contributed by atoms with van der Waals surface area (Å²) < 4.78 is 41.5. The molecular weight excluding hydrogens is 327 g/mol. The molecule has 1 aliphatic heterocycles. The van der Waals surface area contributed by atoms with Crippen molar-refractivity contribution in [1.82, 2.24) is 8.87 Å². The fourth-order valence-corrected chi connectivity index (χ4v) is 4.94. The van der Waals surface area contributed by atoms with Crippen LogP contribution in [0, 0.1) is 5.82 Å². The Kier molecular flexibility index (Phi) is 3.30. The summed E-state index contributed by atoms with van der Waals surface area (Å²) >= 11 is 0. The van der Waals surface area contributed by atoms with E-state index in [0.717, 1.165) is 12.1 Å². The lowest BCUT2D eigenvalue weighted by Crippen LogP contribution is -2.17. The molecule has 0 atom stereocenters. The maximum absolute atomic E-state index is 14.2. The van der Waals surface area contributed by atoms with E-state index in [2.05, 4.69) is 0 Å². The van der Waals surface area contributed by atoms with Crippen LogP contribution in [0.15, 0.2) is 47.5 Å². The van der Waals surface area contributed by atoms with Gasteiger partial charge in [0, 0.05) is 29.3 Å². The molecule has 0 radical (unpaired) electrons. The highest BCUT2D eigenvalue weighted by atomic mass is 32.2. The van der Waals surface area contributed by atoms with E-state index in [-0.39, 0.29) is 10.7 Å². The van der Waals surface area contributed by atoms with E-state index in [4.69, 9.17) is 0 Å². The second-order valence-electron chi connectivity index (χ2n) is 6.35. The van der Waals surface area contributed by atoms with Crippen LogP contribution in [0.25, 0.3) is 22.0 Å². The standard InChI is InChI=1S/C18H17FN2O2S/c1-20(2)8-7-12-11-21-18-15(12)9-13(19)10-16(18)14-5-3-4-6-17(14)24(21,22)23/h3-6,9-11H,7-8H2,1-2H3. The fraction of sp³-hybridized carbons (Fsp3) is 0.222. The summed E-state index contributed by atoms with van der Waals surface area (Å²) in [5.41, 5.74) is 2.61. The van der Waals surface area contributed by atoms with Gasteiger partial charge in [-0.25, -0.2) is 16.8 Å². The molecule has 0 bridgehead atoms. The average Bonchev–Trinajstić information content (AvgIpc) is 2.91. The first-order chi connectivity index (χ1) is 11.4. The van der Waals surface area contributed by atoms with Crippen molar-refractivity contribution in [1.29, 1.82) is 0 Å². The Morgan fingerprint density at radius 2 is 1.88 bits per heavy atom. The number of nitrogens with zero attached hydrogens (tertiary/aromatic N) is 2. The van der Waals surface area contributed by atoms with Crippen LogP contribution in [0.3, 0.4) is 0 Å². The van der Waals surface area contributed by atoms with Crippen molar-refractivity contribution in [3.63, 3.8) is 0 Å². The van der Waals surface area contributed by atoms with E-state index in [1.54, 1.807) is 30.5 Å². The molecule has 0 saturated heterocycles. The van der Waals surface area contributed by atoms with Crippen molar-refractivity contribution in [3.8, 4) is 11.1 Å². The van der Waals surface area contributed by atoms with Crippen molar-refractivity contribution in [2.45, 2.75) is 11.3 Å². The normalized spacial score (nSPS) is 15.0. The Morgan fingerprint density at radius 1 is 1.12 bits per heavy atom. The Bertz CT molecular complexity index is 1070. The minimum atomic E-state index is -3.66. The minimum Gasteiger partial charge on any atom is -0.309 e. The number of halogens is 1. The smallest absolute Gasteiger partial charge is 0.268 e. The molecule has 4 rings (SSSR count). The van der Waals surface area contributed by atoms with Crippen LogP contribution in [0.4, 0.5) is 4.39 Å². The molecule has 0 unspecified atom stereocenters. The molecule has 0 spiro atoms. The molecule has 0 saturated carbocycles. The van der Waals surface area contributed by atoms with Crippen LogP contribution in [0.1, 0.15) is 5.56 Å². The number of hydrogen-bond donors (Lipinski definition) is 0. The van der Waals surface area contributed by atoms with Crippen molar-refractivity contribution in [2.24, 2.45) is 0 Å². The lowest BCUT2D eigenvalue weighted by atomic mass is 10.0. The third-order valence-electron chi connectivity index (χ3n) is 4.46. The first-order valence-corrected chi connectivity index (χ1v) is 9.17. The zero-order valence-corrected chi connectivity index (χ0v) is 14.3. The Hall–Kier alpha value is -2.18. The van der Waals surface area contributed by atoms with Crippen molar-refractivity contribution < 1.29 is 12.8 Å². The second-order valence-corrected chi connectivity index (χ2v) is 8.14. The van der Waals surface area contributed by atoms with Crippen LogP contribution in [-0.2, 0) is 16.4 Å². The van der Waals surface area contributed by atoms with Gasteiger partial charge in [-0.1, -0.05) is 18.2 Å². The van der Waals surface area contributed by atoms with E-state index in [1.165, 1.54) is 16.1 Å². The Labute approximate surface area is 140 Å². The molecule has 3 aromatic rings.